The molecule has 156 valence electrons. The first kappa shape index (κ1) is 21.1. The van der Waals surface area contributed by atoms with Crippen molar-refractivity contribution in [3.63, 3.8) is 0 Å². The predicted molar refractivity (Wildman–Crippen MR) is 100 cm³/mol. The Labute approximate surface area is 163 Å². The third-order valence-corrected chi connectivity index (χ3v) is 5.81. The number of amides is 1. The number of rotatable bonds is 5. The number of ether oxygens (including phenoxy) is 1. The van der Waals surface area contributed by atoms with Crippen LogP contribution in [0, 0.1) is 6.92 Å². The highest BCUT2D eigenvalue weighted by Gasteiger charge is 2.46. The van der Waals surface area contributed by atoms with Crippen LogP contribution in [0.5, 0.6) is 0 Å². The summed E-state index contributed by atoms with van der Waals surface area (Å²) in [6.07, 6.45) is -3.46. The smallest absolute Gasteiger partial charge is 0.381 e. The lowest BCUT2D eigenvalue weighted by molar-refractivity contribution is -0.184. The van der Waals surface area contributed by atoms with Gasteiger partial charge < -0.3 is 15.4 Å². The van der Waals surface area contributed by atoms with Crippen molar-refractivity contribution in [1.29, 1.82) is 0 Å². The van der Waals surface area contributed by atoms with Crippen LogP contribution in [0.3, 0.4) is 0 Å². The van der Waals surface area contributed by atoms with Crippen LogP contribution in [0.4, 0.5) is 13.2 Å². The standard InChI is InChI=1S/C20H28F3N3O2/c1-15-2-4-16(5-3-15)19(6-12-28-13-7-19)18(27)25-14-17(20(21,22)23)26-10-8-24-9-11-26/h2-5,17,24H,6-14H2,1H3,(H,25,27). The van der Waals surface area contributed by atoms with Crippen molar-refractivity contribution in [2.24, 2.45) is 0 Å². The first-order chi connectivity index (χ1) is 13.3. The lowest BCUT2D eigenvalue weighted by Gasteiger charge is -2.39. The van der Waals surface area contributed by atoms with Crippen molar-refractivity contribution in [3.8, 4) is 0 Å². The number of hydrogen-bond acceptors (Lipinski definition) is 4. The van der Waals surface area contributed by atoms with Gasteiger partial charge in [-0.1, -0.05) is 29.8 Å². The zero-order chi connectivity index (χ0) is 20.2. The number of alkyl halides is 3. The molecule has 0 radical (unpaired) electrons. The van der Waals surface area contributed by atoms with Crippen LogP contribution in [0.2, 0.25) is 0 Å². The van der Waals surface area contributed by atoms with Gasteiger partial charge in [-0.15, -0.1) is 0 Å². The fourth-order valence-corrected chi connectivity index (χ4v) is 4.04. The number of piperazine rings is 1. The summed E-state index contributed by atoms with van der Waals surface area (Å²) in [7, 11) is 0. The van der Waals surface area contributed by atoms with Crippen LogP contribution in [0.1, 0.15) is 24.0 Å². The van der Waals surface area contributed by atoms with Gasteiger partial charge in [0.1, 0.15) is 6.04 Å². The molecule has 1 atom stereocenters. The molecule has 28 heavy (non-hydrogen) atoms. The van der Waals surface area contributed by atoms with E-state index < -0.39 is 24.2 Å². The summed E-state index contributed by atoms with van der Waals surface area (Å²) < 4.78 is 46.3. The summed E-state index contributed by atoms with van der Waals surface area (Å²) in [6, 6.07) is 5.99. The Morgan fingerprint density at radius 2 is 1.82 bits per heavy atom. The second-order valence-corrected chi connectivity index (χ2v) is 7.61. The Morgan fingerprint density at radius 3 is 2.39 bits per heavy atom. The van der Waals surface area contributed by atoms with E-state index in [1.165, 1.54) is 4.90 Å². The van der Waals surface area contributed by atoms with Crippen molar-refractivity contribution >= 4 is 5.91 Å². The normalized spacial score (nSPS) is 21.9. The van der Waals surface area contributed by atoms with E-state index in [4.69, 9.17) is 4.74 Å². The largest absolute Gasteiger partial charge is 0.405 e. The van der Waals surface area contributed by atoms with Crippen molar-refractivity contribution in [3.05, 3.63) is 35.4 Å². The van der Waals surface area contributed by atoms with Gasteiger partial charge in [-0.25, -0.2) is 0 Å². The van der Waals surface area contributed by atoms with Gasteiger partial charge in [0.05, 0.1) is 5.41 Å². The molecule has 0 bridgehead atoms. The molecule has 0 aliphatic carbocycles. The maximum Gasteiger partial charge on any atom is 0.405 e. The number of benzene rings is 1. The Morgan fingerprint density at radius 1 is 1.21 bits per heavy atom. The molecule has 2 aliphatic heterocycles. The van der Waals surface area contributed by atoms with Crippen LogP contribution in [-0.2, 0) is 14.9 Å². The molecule has 3 rings (SSSR count). The van der Waals surface area contributed by atoms with Gasteiger partial charge in [0.25, 0.3) is 0 Å². The minimum absolute atomic E-state index is 0.316. The highest BCUT2D eigenvalue weighted by atomic mass is 19.4. The fourth-order valence-electron chi connectivity index (χ4n) is 4.04. The van der Waals surface area contributed by atoms with Crippen LogP contribution in [0.25, 0.3) is 0 Å². The predicted octanol–water partition coefficient (Wildman–Crippen LogP) is 2.00. The van der Waals surface area contributed by atoms with Crippen LogP contribution < -0.4 is 10.6 Å². The molecule has 0 aromatic heterocycles. The number of carbonyl (C=O) groups is 1. The molecule has 0 saturated carbocycles. The lowest BCUT2D eigenvalue weighted by Crippen LogP contribution is -2.59. The van der Waals surface area contributed by atoms with E-state index in [-0.39, 0.29) is 5.91 Å². The average molecular weight is 399 g/mol. The molecule has 2 N–H and O–H groups in total. The molecule has 2 fully saturated rings. The first-order valence-corrected chi connectivity index (χ1v) is 9.78. The maximum absolute atomic E-state index is 13.6. The maximum atomic E-state index is 13.6. The van der Waals surface area contributed by atoms with Crippen LogP contribution >= 0.6 is 0 Å². The molecule has 5 nitrogen and oxygen atoms in total. The highest BCUT2D eigenvalue weighted by Crippen LogP contribution is 2.35. The molecule has 2 saturated heterocycles. The fraction of sp³-hybridized carbons (Fsp3) is 0.650. The summed E-state index contributed by atoms with van der Waals surface area (Å²) in [4.78, 5) is 14.6. The Kier molecular flexibility index (Phi) is 6.62. The SMILES string of the molecule is Cc1ccc(C2(C(=O)NCC(N3CCNCC3)C(F)(F)F)CCOCC2)cc1. The third-order valence-electron chi connectivity index (χ3n) is 5.81. The molecule has 1 amide bonds. The molecule has 1 unspecified atom stereocenters. The Hall–Kier alpha value is -1.64. The van der Waals surface area contributed by atoms with Crippen LogP contribution in [-0.4, -0.2) is 69.0 Å². The van der Waals surface area contributed by atoms with Gasteiger partial charge in [-0.2, -0.15) is 13.2 Å². The minimum Gasteiger partial charge on any atom is -0.381 e. The van der Waals surface area contributed by atoms with E-state index in [1.807, 2.05) is 31.2 Å². The molecule has 8 heteroatoms. The number of nitrogens with zero attached hydrogens (tertiary/aromatic N) is 1. The van der Waals surface area contributed by atoms with Crippen LogP contribution in [0.15, 0.2) is 24.3 Å². The summed E-state index contributed by atoms with van der Waals surface area (Å²) in [5.74, 6) is -0.343. The number of nitrogens with one attached hydrogen (secondary N) is 2. The molecular weight excluding hydrogens is 371 g/mol. The van der Waals surface area contributed by atoms with Crippen molar-refractivity contribution in [1.82, 2.24) is 15.5 Å². The number of halogens is 3. The first-order valence-electron chi connectivity index (χ1n) is 9.78. The van der Waals surface area contributed by atoms with Gasteiger partial charge in [0.15, 0.2) is 0 Å². The summed E-state index contributed by atoms with van der Waals surface area (Å²) in [6.45, 7) is 4.03. The van der Waals surface area contributed by atoms with Gasteiger partial charge in [0, 0.05) is 45.9 Å². The lowest BCUT2D eigenvalue weighted by atomic mass is 9.73. The van der Waals surface area contributed by atoms with E-state index >= 15 is 0 Å². The van der Waals surface area contributed by atoms with Crippen molar-refractivity contribution in [2.75, 3.05) is 45.9 Å². The Bertz CT molecular complexity index is 652. The molecule has 2 heterocycles. The molecule has 0 spiro atoms. The zero-order valence-electron chi connectivity index (χ0n) is 16.1. The quantitative estimate of drug-likeness (QED) is 0.795. The highest BCUT2D eigenvalue weighted by molar-refractivity contribution is 5.88. The second-order valence-electron chi connectivity index (χ2n) is 7.61. The van der Waals surface area contributed by atoms with E-state index in [1.54, 1.807) is 0 Å². The average Bonchev–Trinajstić information content (AvgIpc) is 2.69. The molecular formula is C20H28F3N3O2. The zero-order valence-corrected chi connectivity index (χ0v) is 16.1. The van der Waals surface area contributed by atoms with Crippen molar-refractivity contribution < 1.29 is 22.7 Å². The van der Waals surface area contributed by atoms with Gasteiger partial charge in [-0.05, 0) is 25.3 Å². The van der Waals surface area contributed by atoms with Crippen molar-refractivity contribution in [2.45, 2.75) is 37.4 Å². The third kappa shape index (κ3) is 4.67. The minimum atomic E-state index is -4.39. The summed E-state index contributed by atoms with van der Waals surface area (Å²) in [5, 5.41) is 5.69. The molecule has 1 aromatic rings. The number of aryl methyl sites for hydroxylation is 1. The van der Waals surface area contributed by atoms with Gasteiger partial charge in [0.2, 0.25) is 5.91 Å². The van der Waals surface area contributed by atoms with E-state index in [0.717, 1.165) is 11.1 Å². The summed E-state index contributed by atoms with van der Waals surface area (Å²) >= 11 is 0. The Balaban J connectivity index is 1.76. The van der Waals surface area contributed by atoms with Gasteiger partial charge in [-0.3, -0.25) is 9.69 Å². The van der Waals surface area contributed by atoms with E-state index in [2.05, 4.69) is 10.6 Å². The van der Waals surface area contributed by atoms with E-state index in [9.17, 15) is 18.0 Å². The summed E-state index contributed by atoms with van der Waals surface area (Å²) in [5.41, 5.74) is 1.07. The molecule has 1 aromatic carbocycles. The monoisotopic (exact) mass is 399 g/mol. The topological polar surface area (TPSA) is 53.6 Å². The second kappa shape index (κ2) is 8.80. The van der Waals surface area contributed by atoms with E-state index in [0.29, 0.717) is 52.2 Å². The van der Waals surface area contributed by atoms with Gasteiger partial charge >= 0.3 is 6.18 Å². The molecule has 2 aliphatic rings. The number of hydrogen-bond donors (Lipinski definition) is 2. The number of carbonyl (C=O) groups excluding carboxylic acids is 1.